The fourth-order valence-corrected chi connectivity index (χ4v) is 2.54. The second-order valence-corrected chi connectivity index (χ2v) is 6.24. The van der Waals surface area contributed by atoms with Crippen molar-refractivity contribution in [1.29, 1.82) is 0 Å². The maximum Gasteiger partial charge on any atom is 0.410 e. The van der Waals surface area contributed by atoms with E-state index in [0.29, 0.717) is 6.54 Å². The molecular weight excluding hydrogens is 254 g/mol. The molecule has 0 unspecified atom stereocenters. The largest absolute Gasteiger partial charge is 0.444 e. The maximum absolute atomic E-state index is 12.2. The van der Waals surface area contributed by atoms with Crippen molar-refractivity contribution in [1.82, 2.24) is 4.90 Å². The molecule has 0 aromatic heterocycles. The highest BCUT2D eigenvalue weighted by Crippen LogP contribution is 2.30. The Morgan fingerprint density at radius 3 is 2.60 bits per heavy atom. The number of ether oxygens (including phenoxy) is 1. The summed E-state index contributed by atoms with van der Waals surface area (Å²) in [5.74, 6) is 0. The lowest BCUT2D eigenvalue weighted by Gasteiger charge is -2.31. The molecule has 1 saturated heterocycles. The Kier molecular flexibility index (Phi) is 4.33. The van der Waals surface area contributed by atoms with E-state index >= 15 is 0 Å². The van der Waals surface area contributed by atoms with Crippen LogP contribution in [0, 0.1) is 0 Å². The molecule has 1 N–H and O–H groups in total. The first-order valence-electron chi connectivity index (χ1n) is 7.11. The van der Waals surface area contributed by atoms with Gasteiger partial charge >= 0.3 is 6.09 Å². The zero-order valence-electron chi connectivity index (χ0n) is 12.4. The molecule has 2 atom stereocenters. The number of rotatable bonds is 2. The van der Waals surface area contributed by atoms with Crippen LogP contribution >= 0.6 is 0 Å². The van der Waals surface area contributed by atoms with E-state index in [0.717, 1.165) is 18.4 Å². The van der Waals surface area contributed by atoms with E-state index in [1.165, 1.54) is 0 Å². The average Bonchev–Trinajstić information content (AvgIpc) is 2.86. The van der Waals surface area contributed by atoms with Crippen molar-refractivity contribution in [3.8, 4) is 0 Å². The van der Waals surface area contributed by atoms with Crippen molar-refractivity contribution in [2.45, 2.75) is 51.4 Å². The van der Waals surface area contributed by atoms with Crippen LogP contribution in [0.15, 0.2) is 30.3 Å². The van der Waals surface area contributed by atoms with Gasteiger partial charge in [0.2, 0.25) is 0 Å². The Morgan fingerprint density at radius 1 is 1.35 bits per heavy atom. The molecule has 2 rings (SSSR count). The normalized spacial score (nSPS) is 20.8. The van der Waals surface area contributed by atoms with Crippen molar-refractivity contribution < 1.29 is 14.6 Å². The summed E-state index contributed by atoms with van der Waals surface area (Å²) in [5.41, 5.74) is 0.329. The second kappa shape index (κ2) is 5.83. The molecule has 1 aliphatic rings. The monoisotopic (exact) mass is 277 g/mol. The van der Waals surface area contributed by atoms with Crippen LogP contribution in [0.2, 0.25) is 0 Å². The van der Waals surface area contributed by atoms with Gasteiger partial charge in [0.1, 0.15) is 5.60 Å². The number of aliphatic hydroxyl groups is 1. The van der Waals surface area contributed by atoms with Crippen LogP contribution in [0.25, 0.3) is 0 Å². The van der Waals surface area contributed by atoms with E-state index in [1.807, 2.05) is 51.1 Å². The predicted molar refractivity (Wildman–Crippen MR) is 77.4 cm³/mol. The summed E-state index contributed by atoms with van der Waals surface area (Å²) in [6.45, 7) is 6.19. The lowest BCUT2D eigenvalue weighted by atomic mass is 10.0. The molecule has 1 aliphatic heterocycles. The van der Waals surface area contributed by atoms with Gasteiger partial charge in [-0.05, 0) is 39.2 Å². The molecule has 0 radical (unpaired) electrons. The fraction of sp³-hybridized carbons (Fsp3) is 0.562. The molecule has 0 spiro atoms. The molecule has 1 amide bonds. The van der Waals surface area contributed by atoms with E-state index in [4.69, 9.17) is 4.74 Å². The number of aliphatic hydroxyl groups excluding tert-OH is 1. The quantitative estimate of drug-likeness (QED) is 0.903. The zero-order valence-corrected chi connectivity index (χ0v) is 12.4. The van der Waals surface area contributed by atoms with Crippen LogP contribution in [0.3, 0.4) is 0 Å². The molecule has 4 nitrogen and oxygen atoms in total. The highest BCUT2D eigenvalue weighted by molar-refractivity contribution is 5.69. The van der Waals surface area contributed by atoms with Gasteiger partial charge in [0.05, 0.1) is 12.1 Å². The van der Waals surface area contributed by atoms with Crippen LogP contribution in [-0.2, 0) is 4.74 Å². The third-order valence-electron chi connectivity index (χ3n) is 3.43. The van der Waals surface area contributed by atoms with E-state index in [9.17, 15) is 9.90 Å². The molecule has 0 bridgehead atoms. The number of hydrogen-bond acceptors (Lipinski definition) is 3. The molecule has 110 valence electrons. The standard InChI is InChI=1S/C16H23NO3/c1-16(2,3)20-15(19)17-11-7-10-13(17)14(18)12-8-5-4-6-9-12/h4-6,8-9,13-14,18H,7,10-11H2,1-3H3/t13-,14-/m1/s1. The molecule has 1 aromatic carbocycles. The summed E-state index contributed by atoms with van der Waals surface area (Å²) < 4.78 is 5.41. The molecule has 1 aromatic rings. The topological polar surface area (TPSA) is 49.8 Å². The van der Waals surface area contributed by atoms with Crippen molar-refractivity contribution in [3.05, 3.63) is 35.9 Å². The summed E-state index contributed by atoms with van der Waals surface area (Å²) in [4.78, 5) is 13.9. The molecule has 0 saturated carbocycles. The Morgan fingerprint density at radius 2 is 2.00 bits per heavy atom. The van der Waals surface area contributed by atoms with Crippen molar-refractivity contribution in [2.24, 2.45) is 0 Å². The van der Waals surface area contributed by atoms with Crippen LogP contribution in [0.4, 0.5) is 4.79 Å². The zero-order chi connectivity index (χ0) is 14.8. The van der Waals surface area contributed by atoms with E-state index in [2.05, 4.69) is 0 Å². The fourth-order valence-electron chi connectivity index (χ4n) is 2.54. The number of carbonyl (C=O) groups excluding carboxylic acids is 1. The number of carbonyl (C=O) groups is 1. The molecule has 1 fully saturated rings. The lowest BCUT2D eigenvalue weighted by molar-refractivity contribution is 0.00490. The second-order valence-electron chi connectivity index (χ2n) is 6.24. The SMILES string of the molecule is CC(C)(C)OC(=O)N1CCC[C@@H]1[C@H](O)c1ccccc1. The maximum atomic E-state index is 12.2. The van der Waals surface area contributed by atoms with Crippen LogP contribution < -0.4 is 0 Å². The Bertz CT molecular complexity index is 453. The minimum atomic E-state index is -0.661. The number of amides is 1. The molecule has 0 aliphatic carbocycles. The van der Waals surface area contributed by atoms with Crippen LogP contribution in [0.1, 0.15) is 45.3 Å². The van der Waals surface area contributed by atoms with Crippen LogP contribution in [0.5, 0.6) is 0 Å². The Balaban J connectivity index is 2.09. The number of likely N-dealkylation sites (tertiary alicyclic amines) is 1. The smallest absolute Gasteiger partial charge is 0.410 e. The number of hydrogen-bond donors (Lipinski definition) is 1. The molecular formula is C16H23NO3. The Labute approximate surface area is 120 Å². The van der Waals surface area contributed by atoms with Gasteiger partial charge in [0.15, 0.2) is 0 Å². The highest BCUT2D eigenvalue weighted by atomic mass is 16.6. The van der Waals surface area contributed by atoms with Gasteiger partial charge in [0, 0.05) is 6.54 Å². The van der Waals surface area contributed by atoms with E-state index < -0.39 is 11.7 Å². The summed E-state index contributed by atoms with van der Waals surface area (Å²) in [6, 6.07) is 9.27. The highest BCUT2D eigenvalue weighted by Gasteiger charge is 2.36. The van der Waals surface area contributed by atoms with Gasteiger partial charge in [-0.15, -0.1) is 0 Å². The van der Waals surface area contributed by atoms with Gasteiger partial charge in [-0.3, -0.25) is 0 Å². The number of benzene rings is 1. The lowest BCUT2D eigenvalue weighted by Crippen LogP contribution is -2.42. The van der Waals surface area contributed by atoms with Gasteiger partial charge < -0.3 is 14.7 Å². The first kappa shape index (κ1) is 14.9. The first-order valence-corrected chi connectivity index (χ1v) is 7.11. The van der Waals surface area contributed by atoms with Crippen molar-refractivity contribution in [3.63, 3.8) is 0 Å². The molecule has 4 heteroatoms. The van der Waals surface area contributed by atoms with Gasteiger partial charge in [-0.2, -0.15) is 0 Å². The summed E-state index contributed by atoms with van der Waals surface area (Å²) >= 11 is 0. The minimum absolute atomic E-state index is 0.202. The van der Waals surface area contributed by atoms with Gasteiger partial charge in [0.25, 0.3) is 0 Å². The van der Waals surface area contributed by atoms with Crippen molar-refractivity contribution >= 4 is 6.09 Å². The van der Waals surface area contributed by atoms with E-state index in [1.54, 1.807) is 4.90 Å². The average molecular weight is 277 g/mol. The predicted octanol–water partition coefficient (Wildman–Crippen LogP) is 3.12. The third-order valence-corrected chi connectivity index (χ3v) is 3.43. The van der Waals surface area contributed by atoms with Gasteiger partial charge in [-0.25, -0.2) is 4.79 Å². The first-order chi connectivity index (χ1) is 9.38. The molecule has 20 heavy (non-hydrogen) atoms. The molecule has 1 heterocycles. The Hall–Kier alpha value is -1.55. The third kappa shape index (κ3) is 3.51. The minimum Gasteiger partial charge on any atom is -0.444 e. The van der Waals surface area contributed by atoms with Crippen LogP contribution in [-0.4, -0.2) is 34.3 Å². The summed E-state index contributed by atoms with van der Waals surface area (Å²) in [6.07, 6.45) is 0.699. The van der Waals surface area contributed by atoms with Crippen molar-refractivity contribution in [2.75, 3.05) is 6.54 Å². The van der Waals surface area contributed by atoms with E-state index in [-0.39, 0.29) is 12.1 Å². The number of nitrogens with zero attached hydrogens (tertiary/aromatic N) is 1. The summed E-state index contributed by atoms with van der Waals surface area (Å²) in [5, 5.41) is 10.5. The summed E-state index contributed by atoms with van der Waals surface area (Å²) in [7, 11) is 0. The van der Waals surface area contributed by atoms with Gasteiger partial charge in [-0.1, -0.05) is 30.3 Å².